The third-order valence-electron chi connectivity index (χ3n) is 4.81. The molecule has 0 radical (unpaired) electrons. The van der Waals surface area contributed by atoms with Gasteiger partial charge in [0, 0.05) is 5.69 Å². The zero-order valence-corrected chi connectivity index (χ0v) is 21.9. The largest absolute Gasteiger partial charge is 0.459 e. The number of hydrogen-bond donors (Lipinski definition) is 3. The molecule has 0 saturated heterocycles. The lowest BCUT2D eigenvalue weighted by atomic mass is 9.98. The lowest BCUT2D eigenvalue weighted by Gasteiger charge is -2.29. The van der Waals surface area contributed by atoms with E-state index < -0.39 is 35.7 Å². The third-order valence-corrected chi connectivity index (χ3v) is 5.44. The van der Waals surface area contributed by atoms with Gasteiger partial charge in [0.2, 0.25) is 5.91 Å². The molecule has 2 rings (SSSR count). The van der Waals surface area contributed by atoms with Crippen molar-refractivity contribution in [1.82, 2.24) is 5.32 Å². The first-order chi connectivity index (χ1) is 16.3. The highest BCUT2D eigenvalue weighted by Crippen LogP contribution is 2.33. The van der Waals surface area contributed by atoms with Crippen LogP contribution in [0.1, 0.15) is 40.2 Å². The second-order valence-corrected chi connectivity index (χ2v) is 10.1. The predicted octanol–water partition coefficient (Wildman–Crippen LogP) is 5.23. The van der Waals surface area contributed by atoms with Crippen LogP contribution in [-0.4, -0.2) is 35.7 Å². The van der Waals surface area contributed by atoms with Gasteiger partial charge in [0.05, 0.1) is 22.2 Å². The van der Waals surface area contributed by atoms with E-state index >= 15 is 0 Å². The molecule has 10 heteroatoms. The minimum absolute atomic E-state index is 0.119. The number of amides is 2. The number of nitrogens with two attached hydrogens (primary N) is 1. The summed E-state index contributed by atoms with van der Waals surface area (Å²) in [5, 5.41) is 6.43. The van der Waals surface area contributed by atoms with E-state index in [4.69, 9.17) is 38.4 Å². The molecule has 0 aliphatic carbocycles. The Bertz CT molecular complexity index is 1050. The Hall–Kier alpha value is -2.97. The minimum atomic E-state index is -1.27. The molecular formula is C25H31Cl2N3O5. The van der Waals surface area contributed by atoms with Gasteiger partial charge in [0.25, 0.3) is 0 Å². The van der Waals surface area contributed by atoms with Gasteiger partial charge in [-0.05, 0) is 50.5 Å². The van der Waals surface area contributed by atoms with Gasteiger partial charge in [-0.25, -0.2) is 4.79 Å². The topological polar surface area (TPSA) is 120 Å². The zero-order valence-electron chi connectivity index (χ0n) is 20.4. The number of primary amides is 1. The SMILES string of the molecule is CC(C)[C@@H](OC(=O)Cc1ccccc1Nc1c(Cl)cccc1Cl)[C@H](NC(=O)OC(C)(C)C)C(N)=O. The van der Waals surface area contributed by atoms with Crippen LogP contribution in [0, 0.1) is 5.92 Å². The number of nitrogens with one attached hydrogen (secondary N) is 2. The summed E-state index contributed by atoms with van der Waals surface area (Å²) < 4.78 is 10.8. The summed E-state index contributed by atoms with van der Waals surface area (Å²) >= 11 is 12.5. The van der Waals surface area contributed by atoms with Gasteiger partial charge in [0.1, 0.15) is 17.7 Å². The number of anilines is 2. The highest BCUT2D eigenvalue weighted by Gasteiger charge is 2.35. The maximum Gasteiger partial charge on any atom is 0.408 e. The van der Waals surface area contributed by atoms with Crippen molar-refractivity contribution in [3.8, 4) is 0 Å². The van der Waals surface area contributed by atoms with Crippen LogP contribution in [0.15, 0.2) is 42.5 Å². The summed E-state index contributed by atoms with van der Waals surface area (Å²) in [4.78, 5) is 37.3. The maximum absolute atomic E-state index is 12.9. The number of alkyl carbamates (subject to hydrolysis) is 1. The van der Waals surface area contributed by atoms with Crippen LogP contribution in [0.2, 0.25) is 10.0 Å². The molecule has 2 aromatic rings. The van der Waals surface area contributed by atoms with Gasteiger partial charge in [-0.1, -0.05) is 61.3 Å². The van der Waals surface area contributed by atoms with Gasteiger partial charge in [-0.2, -0.15) is 0 Å². The van der Waals surface area contributed by atoms with E-state index in [0.29, 0.717) is 27.0 Å². The molecule has 190 valence electrons. The van der Waals surface area contributed by atoms with Gasteiger partial charge >= 0.3 is 12.1 Å². The zero-order chi connectivity index (χ0) is 26.3. The van der Waals surface area contributed by atoms with Crippen LogP contribution in [0.3, 0.4) is 0 Å². The van der Waals surface area contributed by atoms with Crippen LogP contribution < -0.4 is 16.4 Å². The van der Waals surface area contributed by atoms with Crippen LogP contribution >= 0.6 is 23.2 Å². The molecule has 0 aliphatic rings. The molecule has 0 aliphatic heterocycles. The number of ether oxygens (including phenoxy) is 2. The second kappa shape index (κ2) is 12.1. The van der Waals surface area contributed by atoms with Gasteiger partial charge in [0.15, 0.2) is 0 Å². The van der Waals surface area contributed by atoms with Crippen LogP contribution in [0.25, 0.3) is 0 Å². The van der Waals surface area contributed by atoms with Crippen molar-refractivity contribution in [3.05, 3.63) is 58.1 Å². The number of hydrogen-bond acceptors (Lipinski definition) is 6. The molecule has 2 atom stereocenters. The van der Waals surface area contributed by atoms with E-state index in [-0.39, 0.29) is 12.3 Å². The Balaban J connectivity index is 2.19. The van der Waals surface area contributed by atoms with Gasteiger partial charge in [-0.3, -0.25) is 9.59 Å². The number of esters is 1. The average Bonchev–Trinajstić information content (AvgIpc) is 2.73. The van der Waals surface area contributed by atoms with Crippen molar-refractivity contribution >= 4 is 52.5 Å². The Kier molecular flexibility index (Phi) is 9.80. The Morgan fingerprint density at radius 2 is 1.60 bits per heavy atom. The molecule has 2 aromatic carbocycles. The molecule has 0 heterocycles. The fourth-order valence-electron chi connectivity index (χ4n) is 3.24. The number of benzene rings is 2. The molecule has 0 spiro atoms. The van der Waals surface area contributed by atoms with E-state index in [1.165, 1.54) is 0 Å². The van der Waals surface area contributed by atoms with Crippen molar-refractivity contribution in [2.24, 2.45) is 11.7 Å². The predicted molar refractivity (Wildman–Crippen MR) is 137 cm³/mol. The fourth-order valence-corrected chi connectivity index (χ4v) is 3.73. The van der Waals surface area contributed by atoms with Crippen LogP contribution in [-0.2, 0) is 25.5 Å². The van der Waals surface area contributed by atoms with Gasteiger partial charge in [-0.15, -0.1) is 0 Å². The van der Waals surface area contributed by atoms with Crippen molar-refractivity contribution in [2.75, 3.05) is 5.32 Å². The van der Waals surface area contributed by atoms with Crippen molar-refractivity contribution in [1.29, 1.82) is 0 Å². The fraction of sp³-hybridized carbons (Fsp3) is 0.400. The quantitative estimate of drug-likeness (QED) is 0.387. The lowest BCUT2D eigenvalue weighted by Crippen LogP contribution is -2.55. The second-order valence-electron chi connectivity index (χ2n) is 9.28. The van der Waals surface area contributed by atoms with E-state index in [1.807, 2.05) is 0 Å². The first-order valence-electron chi connectivity index (χ1n) is 11.1. The maximum atomic E-state index is 12.9. The Labute approximate surface area is 215 Å². The molecule has 4 N–H and O–H groups in total. The Morgan fingerprint density at radius 3 is 2.14 bits per heavy atom. The summed E-state index contributed by atoms with van der Waals surface area (Å²) in [5.74, 6) is -1.79. The van der Waals surface area contributed by atoms with Crippen molar-refractivity contribution in [3.63, 3.8) is 0 Å². The minimum Gasteiger partial charge on any atom is -0.459 e. The lowest BCUT2D eigenvalue weighted by molar-refractivity contribution is -0.153. The molecule has 0 saturated carbocycles. The normalized spacial score (nSPS) is 13.0. The Morgan fingerprint density at radius 1 is 1.00 bits per heavy atom. The number of rotatable bonds is 9. The molecular weight excluding hydrogens is 493 g/mol. The van der Waals surface area contributed by atoms with E-state index in [2.05, 4.69) is 10.6 Å². The first-order valence-corrected chi connectivity index (χ1v) is 11.8. The number of carbonyl (C=O) groups excluding carboxylic acids is 3. The van der Waals surface area contributed by atoms with E-state index in [9.17, 15) is 14.4 Å². The standard InChI is InChI=1S/C25H31Cl2N3O5/c1-14(2)22(21(23(28)32)30-24(33)35-25(3,4)5)34-19(31)13-15-9-6-7-12-18(15)29-20-16(26)10-8-11-17(20)27/h6-12,14,21-22,29H,13H2,1-5H3,(H2,28,32)(H,30,33)/t21-,22+/m0/s1. The summed E-state index contributed by atoms with van der Waals surface area (Å²) in [7, 11) is 0. The molecule has 0 aromatic heterocycles. The highest BCUT2D eigenvalue weighted by molar-refractivity contribution is 6.39. The molecule has 35 heavy (non-hydrogen) atoms. The number of halogens is 2. The molecule has 2 amide bonds. The highest BCUT2D eigenvalue weighted by atomic mass is 35.5. The molecule has 8 nitrogen and oxygen atoms in total. The molecule has 0 fully saturated rings. The average molecular weight is 524 g/mol. The smallest absolute Gasteiger partial charge is 0.408 e. The summed E-state index contributed by atoms with van der Waals surface area (Å²) in [6.07, 6.45) is -1.97. The van der Waals surface area contributed by atoms with Crippen molar-refractivity contribution < 1.29 is 23.9 Å². The van der Waals surface area contributed by atoms with E-state index in [1.54, 1.807) is 77.1 Å². The molecule has 0 bridgehead atoms. The summed E-state index contributed by atoms with van der Waals surface area (Å²) in [6.45, 7) is 8.56. The number of para-hydroxylation sites is 2. The van der Waals surface area contributed by atoms with Crippen molar-refractivity contribution in [2.45, 2.75) is 58.8 Å². The monoisotopic (exact) mass is 523 g/mol. The van der Waals surface area contributed by atoms with Gasteiger partial charge < -0.3 is 25.8 Å². The summed E-state index contributed by atoms with van der Waals surface area (Å²) in [5.41, 5.74) is 6.47. The van der Waals surface area contributed by atoms with Crippen LogP contribution in [0.4, 0.5) is 16.2 Å². The van der Waals surface area contributed by atoms with Crippen LogP contribution in [0.5, 0.6) is 0 Å². The summed E-state index contributed by atoms with van der Waals surface area (Å²) in [6, 6.07) is 10.9. The number of carbonyl (C=O) groups is 3. The third kappa shape index (κ3) is 8.64. The molecule has 0 unspecified atom stereocenters. The first kappa shape index (κ1) is 28.3. The van der Waals surface area contributed by atoms with E-state index in [0.717, 1.165) is 0 Å².